The molecule has 0 spiro atoms. The van der Waals surface area contributed by atoms with E-state index in [9.17, 15) is 14.8 Å². The number of hydrogen-bond donors (Lipinski definition) is 2. The van der Waals surface area contributed by atoms with Gasteiger partial charge in [-0.3, -0.25) is 9.59 Å². The van der Waals surface area contributed by atoms with Crippen LogP contribution in [0.5, 0.6) is 0 Å². The molecule has 0 aliphatic heterocycles. The van der Waals surface area contributed by atoms with E-state index >= 15 is 0 Å². The molecule has 28 heavy (non-hydrogen) atoms. The van der Waals surface area contributed by atoms with Gasteiger partial charge in [0.15, 0.2) is 0 Å². The van der Waals surface area contributed by atoms with Gasteiger partial charge in [0.05, 0.1) is 12.3 Å². The maximum absolute atomic E-state index is 12.6. The Hall–Kier alpha value is -1.14. The molecule has 0 amide bonds. The van der Waals surface area contributed by atoms with E-state index in [1.165, 1.54) is 0 Å². The second-order valence-corrected chi connectivity index (χ2v) is 9.74. The predicted molar refractivity (Wildman–Crippen MR) is 108 cm³/mol. The SMILES string of the molecule is C[C@]12CCC(OC(=O)CN)C[C@@H]1/C(=N/O)C[C@@H]1[C@@H]2CC[C@]2(C)C(=O)CC[C@@H]12.Cl. The second-order valence-electron chi connectivity index (χ2n) is 9.74. The number of Topliss-reactive ketones (excluding diaryl/α,β-unsaturated/α-hetero) is 1. The Labute approximate surface area is 173 Å². The normalized spacial score (nSPS) is 46.2. The minimum Gasteiger partial charge on any atom is -0.461 e. The number of ketones is 1. The fourth-order valence-corrected chi connectivity index (χ4v) is 7.25. The molecule has 4 fully saturated rings. The van der Waals surface area contributed by atoms with Crippen molar-refractivity contribution in [2.75, 3.05) is 6.54 Å². The summed E-state index contributed by atoms with van der Waals surface area (Å²) in [6.45, 7) is 4.40. The third-order valence-electron chi connectivity index (χ3n) is 8.73. The highest BCUT2D eigenvalue weighted by molar-refractivity contribution is 5.90. The van der Waals surface area contributed by atoms with Crippen molar-refractivity contribution in [2.24, 2.45) is 45.4 Å². The fraction of sp³-hybridized carbons (Fsp3) is 0.857. The summed E-state index contributed by atoms with van der Waals surface area (Å²) in [6, 6.07) is 0. The molecule has 0 aromatic rings. The summed E-state index contributed by atoms with van der Waals surface area (Å²) >= 11 is 0. The fourth-order valence-electron chi connectivity index (χ4n) is 7.25. The number of ether oxygens (including phenoxy) is 1. The van der Waals surface area contributed by atoms with Gasteiger partial charge in [-0.15, -0.1) is 12.4 Å². The van der Waals surface area contributed by atoms with E-state index in [0.717, 1.165) is 44.2 Å². The van der Waals surface area contributed by atoms with Crippen LogP contribution in [0.4, 0.5) is 0 Å². The number of fused-ring (bicyclic) bond motifs is 5. The summed E-state index contributed by atoms with van der Waals surface area (Å²) < 4.78 is 5.52. The van der Waals surface area contributed by atoms with E-state index in [1.54, 1.807) is 0 Å². The molecule has 0 aromatic heterocycles. The second kappa shape index (κ2) is 7.60. The Morgan fingerprint density at radius 1 is 1.25 bits per heavy atom. The summed E-state index contributed by atoms with van der Waals surface area (Å²) in [6.07, 6.45) is 6.87. The van der Waals surface area contributed by atoms with Gasteiger partial charge in [0, 0.05) is 17.8 Å². The van der Waals surface area contributed by atoms with Gasteiger partial charge in [0.2, 0.25) is 0 Å². The van der Waals surface area contributed by atoms with Crippen molar-refractivity contribution < 1.29 is 19.5 Å². The Balaban J connectivity index is 0.00000225. The molecule has 6 nitrogen and oxygen atoms in total. The van der Waals surface area contributed by atoms with Crippen molar-refractivity contribution in [3.05, 3.63) is 0 Å². The first-order chi connectivity index (χ1) is 12.8. The topological polar surface area (TPSA) is 102 Å². The number of nitrogens with two attached hydrogens (primary N) is 1. The van der Waals surface area contributed by atoms with Crippen LogP contribution in [0.15, 0.2) is 5.16 Å². The summed E-state index contributed by atoms with van der Waals surface area (Å²) in [7, 11) is 0. The lowest BCUT2D eigenvalue weighted by Crippen LogP contribution is -2.57. The molecular formula is C21H33ClN2O4. The van der Waals surface area contributed by atoms with Crippen LogP contribution in [-0.4, -0.2) is 35.3 Å². The maximum Gasteiger partial charge on any atom is 0.319 e. The Morgan fingerprint density at radius 3 is 2.68 bits per heavy atom. The lowest BCUT2D eigenvalue weighted by atomic mass is 9.44. The molecule has 4 aliphatic rings. The molecule has 7 atom stereocenters. The maximum atomic E-state index is 12.6. The van der Waals surface area contributed by atoms with Crippen LogP contribution in [0.25, 0.3) is 0 Å². The van der Waals surface area contributed by atoms with Gasteiger partial charge in [0.25, 0.3) is 0 Å². The number of hydrogen-bond acceptors (Lipinski definition) is 6. The third-order valence-corrected chi connectivity index (χ3v) is 8.73. The number of carbonyl (C=O) groups excluding carboxylic acids is 2. The molecule has 158 valence electrons. The monoisotopic (exact) mass is 412 g/mol. The average molecular weight is 413 g/mol. The van der Waals surface area contributed by atoms with E-state index in [-0.39, 0.29) is 47.8 Å². The standard InChI is InChI=1S/C21H32N2O4.ClH/c1-20-7-5-12(27-19(25)11-22)9-16(20)17(23-26)10-13-14-3-4-18(24)21(14,2)8-6-15(13)20;/h12-16,26H,3-11,22H2,1-2H3;1H/b23-17+;/t12?,13-,14-,15-,16+,20+,21-;/m0./s1. The number of oxime groups is 1. The minimum absolute atomic E-state index is 0. The van der Waals surface area contributed by atoms with Crippen molar-refractivity contribution in [1.82, 2.24) is 0 Å². The summed E-state index contributed by atoms with van der Waals surface area (Å²) in [4.78, 5) is 24.2. The Morgan fingerprint density at radius 2 is 2.00 bits per heavy atom. The van der Waals surface area contributed by atoms with Crippen LogP contribution in [0.2, 0.25) is 0 Å². The minimum atomic E-state index is -0.363. The van der Waals surface area contributed by atoms with Crippen LogP contribution >= 0.6 is 12.4 Å². The van der Waals surface area contributed by atoms with Crippen molar-refractivity contribution >= 4 is 29.9 Å². The number of esters is 1. The van der Waals surface area contributed by atoms with E-state index in [0.29, 0.717) is 36.4 Å². The molecule has 3 N–H and O–H groups in total. The molecular weight excluding hydrogens is 380 g/mol. The van der Waals surface area contributed by atoms with Crippen molar-refractivity contribution in [1.29, 1.82) is 0 Å². The molecule has 4 rings (SSSR count). The molecule has 4 saturated carbocycles. The third kappa shape index (κ3) is 3.07. The molecule has 0 heterocycles. The highest BCUT2D eigenvalue weighted by Gasteiger charge is 2.62. The van der Waals surface area contributed by atoms with E-state index in [4.69, 9.17) is 10.5 Å². The highest BCUT2D eigenvalue weighted by Crippen LogP contribution is 2.64. The van der Waals surface area contributed by atoms with Gasteiger partial charge in [-0.1, -0.05) is 19.0 Å². The van der Waals surface area contributed by atoms with E-state index in [1.807, 2.05) is 0 Å². The van der Waals surface area contributed by atoms with Crippen LogP contribution < -0.4 is 5.73 Å². The number of carbonyl (C=O) groups is 2. The molecule has 0 aromatic carbocycles. The van der Waals surface area contributed by atoms with Gasteiger partial charge >= 0.3 is 5.97 Å². The lowest BCUT2D eigenvalue weighted by molar-refractivity contribution is -0.154. The van der Waals surface area contributed by atoms with Crippen molar-refractivity contribution in [2.45, 2.75) is 71.3 Å². The van der Waals surface area contributed by atoms with Gasteiger partial charge in [0.1, 0.15) is 11.9 Å². The largest absolute Gasteiger partial charge is 0.461 e. The van der Waals surface area contributed by atoms with Crippen LogP contribution in [0.1, 0.15) is 65.2 Å². The Bertz CT molecular complexity index is 683. The van der Waals surface area contributed by atoms with Crippen molar-refractivity contribution in [3.8, 4) is 0 Å². The number of rotatable bonds is 2. The van der Waals surface area contributed by atoms with E-state index < -0.39 is 0 Å². The molecule has 4 aliphatic carbocycles. The van der Waals surface area contributed by atoms with Crippen LogP contribution in [0, 0.1) is 34.5 Å². The smallest absolute Gasteiger partial charge is 0.319 e. The zero-order chi connectivity index (χ0) is 19.4. The molecule has 1 unspecified atom stereocenters. The average Bonchev–Trinajstić information content (AvgIpc) is 2.96. The molecule has 0 saturated heterocycles. The zero-order valence-electron chi connectivity index (χ0n) is 16.9. The lowest BCUT2D eigenvalue weighted by Gasteiger charge is -2.60. The Kier molecular flexibility index (Phi) is 5.85. The van der Waals surface area contributed by atoms with Crippen LogP contribution in [0.3, 0.4) is 0 Å². The van der Waals surface area contributed by atoms with Gasteiger partial charge in [-0.25, -0.2) is 0 Å². The van der Waals surface area contributed by atoms with Crippen LogP contribution in [-0.2, 0) is 14.3 Å². The first-order valence-corrected chi connectivity index (χ1v) is 10.5. The highest BCUT2D eigenvalue weighted by atomic mass is 35.5. The first kappa shape index (κ1) is 21.6. The molecule has 0 bridgehead atoms. The molecule has 7 heteroatoms. The summed E-state index contributed by atoms with van der Waals surface area (Å²) in [5.74, 6) is 1.57. The number of halogens is 1. The van der Waals surface area contributed by atoms with Gasteiger partial charge < -0.3 is 15.7 Å². The predicted octanol–water partition coefficient (Wildman–Crippen LogP) is 3.33. The van der Waals surface area contributed by atoms with E-state index in [2.05, 4.69) is 19.0 Å². The molecule has 0 radical (unpaired) electrons. The first-order valence-electron chi connectivity index (χ1n) is 10.5. The van der Waals surface area contributed by atoms with Gasteiger partial charge in [-0.05, 0) is 68.1 Å². The summed E-state index contributed by atoms with van der Waals surface area (Å²) in [5, 5.41) is 13.5. The van der Waals surface area contributed by atoms with Gasteiger partial charge in [-0.2, -0.15) is 0 Å². The number of nitrogens with zero attached hydrogens (tertiary/aromatic N) is 1. The summed E-state index contributed by atoms with van der Waals surface area (Å²) in [5.41, 5.74) is 6.10. The van der Waals surface area contributed by atoms with Crippen molar-refractivity contribution in [3.63, 3.8) is 0 Å². The quantitative estimate of drug-likeness (QED) is 0.411. The zero-order valence-corrected chi connectivity index (χ0v) is 17.7.